The molecule has 3 N–H and O–H groups in total. The second-order valence-electron chi connectivity index (χ2n) is 5.49. The van der Waals surface area contributed by atoms with Crippen LogP contribution in [0.2, 0.25) is 0 Å². The molecule has 0 radical (unpaired) electrons. The molecule has 28 heavy (non-hydrogen) atoms. The Balaban J connectivity index is 1.65. The number of carbonyl (C=O) groups is 2. The van der Waals surface area contributed by atoms with E-state index in [1.165, 1.54) is 29.2 Å². The van der Waals surface area contributed by atoms with Gasteiger partial charge in [0.2, 0.25) is 11.8 Å². The lowest BCUT2D eigenvalue weighted by molar-refractivity contribution is -0.117. The number of rotatable bonds is 8. The summed E-state index contributed by atoms with van der Waals surface area (Å²) in [5, 5.41) is 4.22. The fourth-order valence-electron chi connectivity index (χ4n) is 2.13. The number of hydrogen-bond acceptors (Lipinski definition) is 8. The van der Waals surface area contributed by atoms with Gasteiger partial charge in [-0.3, -0.25) is 9.59 Å². The smallest absolute Gasteiger partial charge is 0.387 e. The number of nitrogens with one attached hydrogen (secondary N) is 1. The first-order chi connectivity index (χ1) is 13.3. The van der Waals surface area contributed by atoms with E-state index in [4.69, 9.17) is 5.73 Å². The van der Waals surface area contributed by atoms with Gasteiger partial charge < -0.3 is 15.8 Å². The van der Waals surface area contributed by atoms with Crippen molar-refractivity contribution in [1.29, 1.82) is 0 Å². The van der Waals surface area contributed by atoms with Crippen LogP contribution in [0.25, 0.3) is 10.2 Å². The molecular weight excluding hydrogens is 430 g/mol. The molecule has 2 heterocycles. The van der Waals surface area contributed by atoms with Gasteiger partial charge in [0.05, 0.1) is 22.1 Å². The molecule has 1 unspecified atom stereocenters. The Kier molecular flexibility index (Phi) is 6.42. The highest BCUT2D eigenvalue weighted by Crippen LogP contribution is 2.33. The highest BCUT2D eigenvalue weighted by molar-refractivity contribution is 8.02. The molecule has 0 bridgehead atoms. The quantitative estimate of drug-likeness (QED) is 0.515. The summed E-state index contributed by atoms with van der Waals surface area (Å²) < 4.78 is 30.7. The number of nitrogens with two attached hydrogens (primary N) is 1. The number of aromatic nitrogens is 2. The highest BCUT2D eigenvalue weighted by atomic mass is 32.2. The van der Waals surface area contributed by atoms with Crippen molar-refractivity contribution in [3.05, 3.63) is 29.3 Å². The van der Waals surface area contributed by atoms with Crippen LogP contribution in [0.3, 0.4) is 0 Å². The highest BCUT2D eigenvalue weighted by Gasteiger charge is 2.16. The average Bonchev–Trinajstić information content (AvgIpc) is 3.21. The van der Waals surface area contributed by atoms with E-state index in [1.807, 2.05) is 0 Å². The zero-order valence-electron chi connectivity index (χ0n) is 14.3. The van der Waals surface area contributed by atoms with Crippen molar-refractivity contribution in [2.45, 2.75) is 29.5 Å². The van der Waals surface area contributed by atoms with Crippen LogP contribution in [0.5, 0.6) is 5.75 Å². The number of hydrogen-bond donors (Lipinski definition) is 2. The third-order valence-corrected chi connectivity index (χ3v) is 6.47. The van der Waals surface area contributed by atoms with Gasteiger partial charge in [0.25, 0.3) is 0 Å². The second-order valence-corrected chi connectivity index (χ2v) is 8.97. The number of thiazole rings is 2. The lowest BCUT2D eigenvalue weighted by atomic mass is 10.3. The first kappa shape index (κ1) is 20.4. The van der Waals surface area contributed by atoms with E-state index in [2.05, 4.69) is 20.0 Å². The van der Waals surface area contributed by atoms with Crippen molar-refractivity contribution in [2.24, 2.45) is 5.73 Å². The Morgan fingerprint density at radius 2 is 2.14 bits per heavy atom. The number of anilines is 1. The number of primary amides is 1. The standard InChI is InChI=1S/C16H14F2N4O3S3/c1-7(13(19)24)27-16-20-8(6-26-16)5-11(23)21-15-22-12-9(25-14(17)18)3-2-4-10(12)28-15/h2-4,6-7,14H,5H2,1H3,(H2,19,24)(H,21,22,23). The van der Waals surface area contributed by atoms with E-state index < -0.39 is 17.8 Å². The predicted molar refractivity (Wildman–Crippen MR) is 105 cm³/mol. The van der Waals surface area contributed by atoms with Crippen LogP contribution in [0.4, 0.5) is 13.9 Å². The molecule has 0 fully saturated rings. The maximum atomic E-state index is 12.5. The minimum absolute atomic E-state index is 0.0122. The maximum Gasteiger partial charge on any atom is 0.387 e. The Morgan fingerprint density at radius 1 is 1.36 bits per heavy atom. The summed E-state index contributed by atoms with van der Waals surface area (Å²) in [7, 11) is 0. The molecule has 1 aromatic carbocycles. The number of ether oxygens (including phenoxy) is 1. The van der Waals surface area contributed by atoms with E-state index in [9.17, 15) is 18.4 Å². The van der Waals surface area contributed by atoms with E-state index in [1.54, 1.807) is 24.4 Å². The molecular formula is C16H14F2N4O3S3. The van der Waals surface area contributed by atoms with Crippen LogP contribution < -0.4 is 15.8 Å². The van der Waals surface area contributed by atoms with Crippen molar-refractivity contribution in [3.8, 4) is 5.75 Å². The van der Waals surface area contributed by atoms with Gasteiger partial charge in [0, 0.05) is 5.38 Å². The molecule has 148 valence electrons. The summed E-state index contributed by atoms with van der Waals surface area (Å²) in [6.07, 6.45) is 0.0122. The zero-order valence-corrected chi connectivity index (χ0v) is 16.8. The number of fused-ring (bicyclic) bond motifs is 1. The summed E-state index contributed by atoms with van der Waals surface area (Å²) in [6.45, 7) is -1.28. The van der Waals surface area contributed by atoms with E-state index in [-0.39, 0.29) is 28.7 Å². The van der Waals surface area contributed by atoms with E-state index in [0.717, 1.165) is 11.3 Å². The first-order valence-corrected chi connectivity index (χ1v) is 10.4. The number of thioether (sulfide) groups is 1. The van der Waals surface area contributed by atoms with Gasteiger partial charge >= 0.3 is 6.61 Å². The van der Waals surface area contributed by atoms with Crippen LogP contribution in [0.15, 0.2) is 27.9 Å². The normalized spacial score (nSPS) is 12.3. The van der Waals surface area contributed by atoms with Gasteiger partial charge in [-0.2, -0.15) is 8.78 Å². The summed E-state index contributed by atoms with van der Waals surface area (Å²) >= 11 is 3.70. The number of para-hydroxylation sites is 1. The number of amides is 2. The number of halogens is 2. The van der Waals surface area contributed by atoms with Crippen molar-refractivity contribution in [1.82, 2.24) is 9.97 Å². The van der Waals surface area contributed by atoms with E-state index >= 15 is 0 Å². The van der Waals surface area contributed by atoms with Gasteiger partial charge in [0.15, 0.2) is 15.2 Å². The van der Waals surface area contributed by atoms with Crippen molar-refractivity contribution in [3.63, 3.8) is 0 Å². The lowest BCUT2D eigenvalue weighted by Crippen LogP contribution is -2.22. The lowest BCUT2D eigenvalue weighted by Gasteiger charge is -2.03. The average molecular weight is 445 g/mol. The third kappa shape index (κ3) is 5.14. The van der Waals surface area contributed by atoms with E-state index in [0.29, 0.717) is 14.7 Å². The fraction of sp³-hybridized carbons (Fsp3) is 0.250. The molecule has 2 aromatic heterocycles. The van der Waals surface area contributed by atoms with Crippen molar-refractivity contribution in [2.75, 3.05) is 5.32 Å². The first-order valence-electron chi connectivity index (χ1n) is 7.86. The molecule has 12 heteroatoms. The van der Waals surface area contributed by atoms with Gasteiger partial charge in [-0.05, 0) is 19.1 Å². The van der Waals surface area contributed by atoms with Gasteiger partial charge in [-0.1, -0.05) is 29.2 Å². The van der Waals surface area contributed by atoms with Gasteiger partial charge in [-0.25, -0.2) is 9.97 Å². The Bertz CT molecular complexity index is 1010. The van der Waals surface area contributed by atoms with Crippen molar-refractivity contribution >= 4 is 61.6 Å². The molecule has 7 nitrogen and oxygen atoms in total. The van der Waals surface area contributed by atoms with Crippen molar-refractivity contribution < 1.29 is 23.1 Å². The molecule has 0 saturated heterocycles. The Morgan fingerprint density at radius 3 is 2.86 bits per heavy atom. The minimum Gasteiger partial charge on any atom is -0.432 e. The molecule has 0 saturated carbocycles. The molecule has 0 aliphatic rings. The van der Waals surface area contributed by atoms with Crippen LogP contribution >= 0.6 is 34.4 Å². The second kappa shape index (κ2) is 8.80. The molecule has 0 spiro atoms. The zero-order chi connectivity index (χ0) is 20.3. The number of benzene rings is 1. The van der Waals surface area contributed by atoms with Crippen LogP contribution in [-0.4, -0.2) is 33.6 Å². The number of alkyl halides is 2. The Hall–Kier alpha value is -2.31. The van der Waals surface area contributed by atoms with Crippen LogP contribution in [0.1, 0.15) is 12.6 Å². The summed E-state index contributed by atoms with van der Waals surface area (Å²) in [6, 6.07) is 4.66. The fourth-order valence-corrected chi connectivity index (χ4v) is 4.96. The largest absolute Gasteiger partial charge is 0.432 e. The molecule has 3 rings (SSSR count). The molecule has 3 aromatic rings. The molecule has 0 aliphatic carbocycles. The third-order valence-electron chi connectivity index (χ3n) is 3.39. The monoisotopic (exact) mass is 444 g/mol. The predicted octanol–water partition coefficient (Wildman–Crippen LogP) is 3.50. The summed E-state index contributed by atoms with van der Waals surface area (Å²) in [5.74, 6) is -0.834. The Labute approximate surface area is 170 Å². The van der Waals surface area contributed by atoms with Crippen LogP contribution in [-0.2, 0) is 16.0 Å². The minimum atomic E-state index is -2.96. The molecule has 0 aliphatic heterocycles. The topological polar surface area (TPSA) is 107 Å². The molecule has 2 amide bonds. The number of nitrogens with zero attached hydrogens (tertiary/aromatic N) is 2. The summed E-state index contributed by atoms with van der Waals surface area (Å²) in [5.41, 5.74) is 6.03. The number of carbonyl (C=O) groups excluding carboxylic acids is 2. The van der Waals surface area contributed by atoms with Gasteiger partial charge in [-0.15, -0.1) is 11.3 Å². The summed E-state index contributed by atoms with van der Waals surface area (Å²) in [4.78, 5) is 31.8. The molecule has 1 atom stereocenters. The maximum absolute atomic E-state index is 12.5. The SMILES string of the molecule is CC(Sc1nc(CC(=O)Nc2nc3c(OC(F)F)cccc3s2)cs1)C(N)=O. The van der Waals surface area contributed by atoms with Crippen LogP contribution in [0, 0.1) is 0 Å². The van der Waals surface area contributed by atoms with Gasteiger partial charge in [0.1, 0.15) is 5.52 Å².